The Morgan fingerprint density at radius 1 is 1.14 bits per heavy atom. The lowest BCUT2D eigenvalue weighted by molar-refractivity contribution is -0.117. The minimum Gasteiger partial charge on any atom is -0.495 e. The molecule has 3 aromatic rings. The summed E-state index contributed by atoms with van der Waals surface area (Å²) in [4.78, 5) is 26.6. The Balaban J connectivity index is 1.77. The summed E-state index contributed by atoms with van der Waals surface area (Å²) in [5.74, 6) is 0.471. The molecule has 3 rings (SSSR count). The average Bonchev–Trinajstić information content (AvgIpc) is 2.72. The first kappa shape index (κ1) is 20.6. The highest BCUT2D eigenvalue weighted by Crippen LogP contribution is 2.23. The summed E-state index contributed by atoms with van der Waals surface area (Å²) in [5, 5.41) is 3.78. The van der Waals surface area contributed by atoms with Gasteiger partial charge in [-0.25, -0.2) is 4.79 Å². The van der Waals surface area contributed by atoms with Gasteiger partial charge in [-0.2, -0.15) is 0 Å². The van der Waals surface area contributed by atoms with Crippen molar-refractivity contribution in [1.29, 1.82) is 0 Å². The maximum absolute atomic E-state index is 12.6. The number of nitrogens with zero attached hydrogens (tertiary/aromatic N) is 1. The first-order chi connectivity index (χ1) is 14.0. The van der Waals surface area contributed by atoms with Crippen LogP contribution in [-0.2, 0) is 17.8 Å². The van der Waals surface area contributed by atoms with Gasteiger partial charge in [0, 0.05) is 18.0 Å². The molecule has 0 unspecified atom stereocenters. The first-order valence-electron chi connectivity index (χ1n) is 9.75. The van der Waals surface area contributed by atoms with Gasteiger partial charge in [0.15, 0.2) is 0 Å². The molecule has 0 aliphatic carbocycles. The summed E-state index contributed by atoms with van der Waals surface area (Å²) in [7, 11) is 1.57. The van der Waals surface area contributed by atoms with Crippen LogP contribution in [0.5, 0.6) is 5.75 Å². The molecule has 6 heteroatoms. The third kappa shape index (κ3) is 5.03. The van der Waals surface area contributed by atoms with Crippen molar-refractivity contribution in [1.82, 2.24) is 4.90 Å². The molecule has 0 spiro atoms. The van der Waals surface area contributed by atoms with E-state index in [1.807, 2.05) is 42.2 Å². The van der Waals surface area contributed by atoms with Crippen molar-refractivity contribution in [3.63, 3.8) is 0 Å². The number of para-hydroxylation sites is 2. The Kier molecular flexibility index (Phi) is 6.67. The maximum atomic E-state index is 12.6. The number of anilines is 1. The zero-order chi connectivity index (χ0) is 20.8. The summed E-state index contributed by atoms with van der Waals surface area (Å²) < 4.78 is 10.7. The Labute approximate surface area is 170 Å². The monoisotopic (exact) mass is 394 g/mol. The number of hydrogen-bond donors (Lipinski definition) is 1. The normalized spacial score (nSPS) is 11.0. The topological polar surface area (TPSA) is 71.8 Å². The van der Waals surface area contributed by atoms with Gasteiger partial charge in [0.2, 0.25) is 5.91 Å². The molecule has 0 bridgehead atoms. The molecule has 0 saturated carbocycles. The lowest BCUT2D eigenvalue weighted by Gasteiger charge is -2.21. The van der Waals surface area contributed by atoms with Gasteiger partial charge in [0.1, 0.15) is 11.3 Å². The zero-order valence-electron chi connectivity index (χ0n) is 17.0. The lowest BCUT2D eigenvalue weighted by Crippen LogP contribution is -2.33. The Hall–Kier alpha value is -3.12. The van der Waals surface area contributed by atoms with Crippen molar-refractivity contribution >= 4 is 22.6 Å². The van der Waals surface area contributed by atoms with Crippen molar-refractivity contribution in [2.24, 2.45) is 0 Å². The molecule has 6 nitrogen and oxygen atoms in total. The van der Waals surface area contributed by atoms with Crippen molar-refractivity contribution in [2.75, 3.05) is 25.5 Å². The molecule has 29 heavy (non-hydrogen) atoms. The number of carbonyl (C=O) groups is 1. The van der Waals surface area contributed by atoms with E-state index >= 15 is 0 Å². The van der Waals surface area contributed by atoms with E-state index in [2.05, 4.69) is 12.2 Å². The Morgan fingerprint density at radius 2 is 1.93 bits per heavy atom. The van der Waals surface area contributed by atoms with Crippen LogP contribution in [0.25, 0.3) is 11.0 Å². The molecule has 0 aliphatic heterocycles. The van der Waals surface area contributed by atoms with E-state index in [9.17, 15) is 9.59 Å². The number of fused-ring (bicyclic) bond motifs is 1. The van der Waals surface area contributed by atoms with E-state index in [1.54, 1.807) is 19.2 Å². The number of ether oxygens (including phenoxy) is 1. The molecule has 1 N–H and O–H groups in total. The number of amides is 1. The second-order valence-electron chi connectivity index (χ2n) is 6.83. The lowest BCUT2D eigenvalue weighted by atomic mass is 10.1. The standard InChI is InChI=1S/C23H26N2O4/c1-4-16-10-11-18-17(13-23(27)29-21(18)12-16)14-25(5-2)15-22(26)24-19-8-6-7-9-20(19)28-3/h6-13H,4-5,14-15H2,1-3H3,(H,24,26). The largest absolute Gasteiger partial charge is 0.495 e. The number of hydrogen-bond acceptors (Lipinski definition) is 5. The molecule has 0 saturated heterocycles. The van der Waals surface area contributed by atoms with Crippen LogP contribution < -0.4 is 15.7 Å². The fraction of sp³-hybridized carbons (Fsp3) is 0.304. The van der Waals surface area contributed by atoms with E-state index in [4.69, 9.17) is 9.15 Å². The summed E-state index contributed by atoms with van der Waals surface area (Å²) in [5.41, 5.74) is 2.80. The molecular formula is C23H26N2O4. The number of carbonyl (C=O) groups excluding carboxylic acids is 1. The molecule has 0 aliphatic rings. The molecule has 1 heterocycles. The highest BCUT2D eigenvalue weighted by Gasteiger charge is 2.14. The van der Waals surface area contributed by atoms with Gasteiger partial charge in [0.25, 0.3) is 0 Å². The number of nitrogens with one attached hydrogen (secondary N) is 1. The van der Waals surface area contributed by atoms with Crippen molar-refractivity contribution in [3.05, 3.63) is 70.1 Å². The zero-order valence-corrected chi connectivity index (χ0v) is 17.0. The quantitative estimate of drug-likeness (QED) is 0.588. The van der Waals surface area contributed by atoms with Crippen LogP contribution in [-0.4, -0.2) is 31.0 Å². The summed E-state index contributed by atoms with van der Waals surface area (Å²) in [6.45, 7) is 5.38. The SMILES string of the molecule is CCc1ccc2c(CN(CC)CC(=O)Nc3ccccc3OC)cc(=O)oc2c1. The number of benzene rings is 2. The number of aryl methyl sites for hydroxylation is 1. The van der Waals surface area contributed by atoms with E-state index in [-0.39, 0.29) is 18.1 Å². The van der Waals surface area contributed by atoms with Crippen LogP contribution in [0.2, 0.25) is 0 Å². The summed E-state index contributed by atoms with van der Waals surface area (Å²) in [6.07, 6.45) is 0.869. The molecule has 152 valence electrons. The van der Waals surface area contributed by atoms with Gasteiger partial charge in [-0.3, -0.25) is 9.69 Å². The molecule has 0 radical (unpaired) electrons. The van der Waals surface area contributed by atoms with Crippen molar-refractivity contribution < 1.29 is 13.9 Å². The van der Waals surface area contributed by atoms with Crippen LogP contribution in [0.3, 0.4) is 0 Å². The van der Waals surface area contributed by atoms with Crippen LogP contribution in [0, 0.1) is 0 Å². The van der Waals surface area contributed by atoms with Crippen molar-refractivity contribution in [3.8, 4) is 5.75 Å². The Morgan fingerprint density at radius 3 is 2.66 bits per heavy atom. The van der Waals surface area contributed by atoms with Gasteiger partial charge in [-0.05, 0) is 42.3 Å². The average molecular weight is 394 g/mol. The van der Waals surface area contributed by atoms with E-state index in [0.29, 0.717) is 30.1 Å². The molecular weight excluding hydrogens is 368 g/mol. The van der Waals surface area contributed by atoms with Gasteiger partial charge >= 0.3 is 5.63 Å². The number of methoxy groups -OCH3 is 1. The van der Waals surface area contributed by atoms with E-state index in [1.165, 1.54) is 6.07 Å². The fourth-order valence-electron chi connectivity index (χ4n) is 3.29. The minimum absolute atomic E-state index is 0.142. The second-order valence-corrected chi connectivity index (χ2v) is 6.83. The van der Waals surface area contributed by atoms with E-state index < -0.39 is 0 Å². The molecule has 0 fully saturated rings. The highest BCUT2D eigenvalue weighted by atomic mass is 16.5. The third-order valence-electron chi connectivity index (χ3n) is 4.89. The fourth-order valence-corrected chi connectivity index (χ4v) is 3.29. The molecule has 2 aromatic carbocycles. The second kappa shape index (κ2) is 9.39. The summed E-state index contributed by atoms with van der Waals surface area (Å²) in [6, 6.07) is 14.7. The minimum atomic E-state index is -0.379. The van der Waals surface area contributed by atoms with Crippen LogP contribution in [0.1, 0.15) is 25.0 Å². The van der Waals surface area contributed by atoms with Gasteiger partial charge < -0.3 is 14.5 Å². The highest BCUT2D eigenvalue weighted by molar-refractivity contribution is 5.93. The molecule has 1 aromatic heterocycles. The third-order valence-corrected chi connectivity index (χ3v) is 4.89. The van der Waals surface area contributed by atoms with E-state index in [0.717, 1.165) is 22.9 Å². The first-order valence-corrected chi connectivity index (χ1v) is 9.75. The van der Waals surface area contributed by atoms with Gasteiger partial charge in [0.05, 0.1) is 19.3 Å². The van der Waals surface area contributed by atoms with Crippen LogP contribution >= 0.6 is 0 Å². The van der Waals surface area contributed by atoms with Crippen LogP contribution in [0.4, 0.5) is 5.69 Å². The summed E-state index contributed by atoms with van der Waals surface area (Å²) >= 11 is 0. The van der Waals surface area contributed by atoms with Crippen molar-refractivity contribution in [2.45, 2.75) is 26.8 Å². The van der Waals surface area contributed by atoms with Gasteiger partial charge in [-0.1, -0.05) is 38.1 Å². The number of likely N-dealkylation sites (N-methyl/N-ethyl adjacent to an activating group) is 1. The van der Waals surface area contributed by atoms with Crippen LogP contribution in [0.15, 0.2) is 57.7 Å². The molecule has 1 amide bonds. The number of rotatable bonds is 8. The maximum Gasteiger partial charge on any atom is 0.336 e. The molecule has 0 atom stereocenters. The smallest absolute Gasteiger partial charge is 0.336 e. The Bertz CT molecular complexity index is 1060. The predicted molar refractivity (Wildman–Crippen MR) is 114 cm³/mol. The predicted octanol–water partition coefficient (Wildman–Crippen LogP) is 3.82. The van der Waals surface area contributed by atoms with Gasteiger partial charge in [-0.15, -0.1) is 0 Å².